The first-order valence-electron chi connectivity index (χ1n) is 10.8. The number of hydrogen-bond acceptors (Lipinski definition) is 6. The van der Waals surface area contributed by atoms with Crippen molar-refractivity contribution >= 4 is 48.9 Å². The first-order chi connectivity index (χ1) is 16.9. The van der Waals surface area contributed by atoms with Crippen molar-refractivity contribution in [2.75, 3.05) is 23.3 Å². The Morgan fingerprint density at radius 2 is 1.64 bits per heavy atom. The molecule has 0 aliphatic rings. The van der Waals surface area contributed by atoms with Gasteiger partial charge in [0, 0.05) is 11.1 Å². The number of amides is 1. The maximum Gasteiger partial charge on any atom is 0.264 e. The van der Waals surface area contributed by atoms with Crippen LogP contribution in [0.2, 0.25) is 5.02 Å². The van der Waals surface area contributed by atoms with Gasteiger partial charge in [0.2, 0.25) is 15.9 Å². The smallest absolute Gasteiger partial charge is 0.264 e. The number of carbonyl (C=O) groups is 1. The van der Waals surface area contributed by atoms with E-state index in [0.29, 0.717) is 5.02 Å². The molecule has 9 nitrogen and oxygen atoms in total. The van der Waals surface area contributed by atoms with Crippen molar-refractivity contribution < 1.29 is 26.4 Å². The molecule has 0 aliphatic carbocycles. The van der Waals surface area contributed by atoms with E-state index in [4.69, 9.17) is 16.3 Å². The average molecular weight is 552 g/mol. The second kappa shape index (κ2) is 11.3. The number of anilines is 2. The van der Waals surface area contributed by atoms with Crippen LogP contribution in [0, 0.1) is 0 Å². The summed E-state index contributed by atoms with van der Waals surface area (Å²) in [5.41, 5.74) is 0.253. The average Bonchev–Trinajstić information content (AvgIpc) is 2.82. The van der Waals surface area contributed by atoms with Gasteiger partial charge >= 0.3 is 0 Å². The molecule has 0 heterocycles. The maximum atomic E-state index is 13.4. The van der Waals surface area contributed by atoms with E-state index in [0.717, 1.165) is 4.31 Å². The number of ether oxygens (including phenoxy) is 1. The molecule has 3 rings (SSSR count). The van der Waals surface area contributed by atoms with Gasteiger partial charge in [-0.25, -0.2) is 21.6 Å². The Bertz CT molecular complexity index is 1450. The van der Waals surface area contributed by atoms with Crippen molar-refractivity contribution in [3.05, 3.63) is 77.8 Å². The van der Waals surface area contributed by atoms with Gasteiger partial charge in [-0.2, -0.15) is 0 Å². The Balaban J connectivity index is 1.97. The fourth-order valence-electron chi connectivity index (χ4n) is 3.32. The van der Waals surface area contributed by atoms with Gasteiger partial charge in [0.25, 0.3) is 10.0 Å². The molecular formula is C24H26ClN3O6S2. The molecule has 192 valence electrons. The Hall–Kier alpha value is -3.12. The Kier molecular flexibility index (Phi) is 8.62. The summed E-state index contributed by atoms with van der Waals surface area (Å²) in [6, 6.07) is 17.4. The second-order valence-electron chi connectivity index (χ2n) is 7.99. The van der Waals surface area contributed by atoms with E-state index in [9.17, 15) is 21.6 Å². The van der Waals surface area contributed by atoms with Gasteiger partial charge in [0.1, 0.15) is 12.3 Å². The molecular weight excluding hydrogens is 526 g/mol. The fraction of sp³-hybridized carbons (Fsp3) is 0.208. The highest BCUT2D eigenvalue weighted by Gasteiger charge is 2.28. The van der Waals surface area contributed by atoms with Crippen LogP contribution < -0.4 is 19.1 Å². The van der Waals surface area contributed by atoms with E-state index in [-0.39, 0.29) is 33.0 Å². The van der Waals surface area contributed by atoms with Crippen molar-refractivity contribution in [2.24, 2.45) is 0 Å². The minimum absolute atomic E-state index is 0.0109. The number of nitrogens with one attached hydrogen (secondary N) is 2. The minimum atomic E-state index is -4.14. The molecule has 36 heavy (non-hydrogen) atoms. The highest BCUT2D eigenvalue weighted by atomic mass is 35.5. The van der Waals surface area contributed by atoms with E-state index in [2.05, 4.69) is 10.0 Å². The molecule has 0 fully saturated rings. The second-order valence-corrected chi connectivity index (χ2v) is 12.0. The number of benzene rings is 3. The van der Waals surface area contributed by atoms with Crippen molar-refractivity contribution in [3.8, 4) is 5.75 Å². The molecule has 0 bridgehead atoms. The molecule has 0 saturated heterocycles. The number of carbonyl (C=O) groups excluding carboxylic acids is 1. The number of methoxy groups -OCH3 is 1. The minimum Gasteiger partial charge on any atom is -0.495 e. The van der Waals surface area contributed by atoms with Crippen LogP contribution in [0.4, 0.5) is 11.4 Å². The van der Waals surface area contributed by atoms with Gasteiger partial charge in [0.05, 0.1) is 28.3 Å². The predicted molar refractivity (Wildman–Crippen MR) is 140 cm³/mol. The molecule has 3 aromatic rings. The van der Waals surface area contributed by atoms with Crippen LogP contribution in [0.25, 0.3) is 0 Å². The summed E-state index contributed by atoms with van der Waals surface area (Å²) in [5.74, 6) is -0.522. The first-order valence-corrected chi connectivity index (χ1v) is 14.1. The molecule has 0 unspecified atom stereocenters. The SMILES string of the molecule is COc1ccc(S(=O)(=O)NC(C)C)cc1NC(=O)CN(c1cccc(Cl)c1)S(=O)(=O)c1ccccc1. The lowest BCUT2D eigenvalue weighted by Gasteiger charge is -2.24. The molecule has 0 spiro atoms. The highest BCUT2D eigenvalue weighted by Crippen LogP contribution is 2.29. The summed E-state index contributed by atoms with van der Waals surface area (Å²) in [6.07, 6.45) is 0. The maximum absolute atomic E-state index is 13.4. The highest BCUT2D eigenvalue weighted by molar-refractivity contribution is 7.92. The third kappa shape index (κ3) is 6.55. The van der Waals surface area contributed by atoms with E-state index in [1.807, 2.05) is 0 Å². The first kappa shape index (κ1) is 27.5. The summed E-state index contributed by atoms with van der Waals surface area (Å²) in [7, 11) is -6.63. The van der Waals surface area contributed by atoms with E-state index < -0.39 is 32.5 Å². The normalized spacial score (nSPS) is 11.8. The van der Waals surface area contributed by atoms with Crippen LogP contribution in [-0.2, 0) is 24.8 Å². The third-order valence-electron chi connectivity index (χ3n) is 4.86. The number of sulfonamides is 2. The standard InChI is InChI=1S/C24H26ClN3O6S2/c1-17(2)27-35(30,31)21-12-13-23(34-3)22(15-21)26-24(29)16-28(19-9-7-8-18(25)14-19)36(32,33)20-10-5-4-6-11-20/h4-15,17,27H,16H2,1-3H3,(H,26,29). The summed E-state index contributed by atoms with van der Waals surface area (Å²) in [6.45, 7) is 2.75. The molecule has 2 N–H and O–H groups in total. The lowest BCUT2D eigenvalue weighted by atomic mass is 10.3. The number of nitrogens with zero attached hydrogens (tertiary/aromatic N) is 1. The van der Waals surface area contributed by atoms with E-state index in [1.54, 1.807) is 44.2 Å². The fourth-order valence-corrected chi connectivity index (χ4v) is 6.21. The van der Waals surface area contributed by atoms with Crippen molar-refractivity contribution in [2.45, 2.75) is 29.7 Å². The third-order valence-corrected chi connectivity index (χ3v) is 8.54. The van der Waals surface area contributed by atoms with Crippen LogP contribution in [0.5, 0.6) is 5.75 Å². The van der Waals surface area contributed by atoms with E-state index >= 15 is 0 Å². The quantitative estimate of drug-likeness (QED) is 0.394. The molecule has 3 aromatic carbocycles. The summed E-state index contributed by atoms with van der Waals surface area (Å²) >= 11 is 6.09. The largest absolute Gasteiger partial charge is 0.495 e. The Morgan fingerprint density at radius 1 is 0.944 bits per heavy atom. The predicted octanol–water partition coefficient (Wildman–Crippen LogP) is 3.87. The van der Waals surface area contributed by atoms with Crippen LogP contribution >= 0.6 is 11.6 Å². The summed E-state index contributed by atoms with van der Waals surface area (Å²) < 4.78 is 60.7. The van der Waals surface area contributed by atoms with Gasteiger partial charge in [-0.05, 0) is 62.4 Å². The number of hydrogen-bond donors (Lipinski definition) is 2. The van der Waals surface area contributed by atoms with Gasteiger partial charge < -0.3 is 10.1 Å². The van der Waals surface area contributed by atoms with Crippen LogP contribution in [-0.4, -0.2) is 42.4 Å². The molecule has 0 aliphatic heterocycles. The molecule has 0 saturated carbocycles. The molecule has 0 radical (unpaired) electrons. The monoisotopic (exact) mass is 551 g/mol. The zero-order chi connectivity index (χ0) is 26.5. The topological polar surface area (TPSA) is 122 Å². The lowest BCUT2D eigenvalue weighted by Crippen LogP contribution is -2.38. The van der Waals surface area contributed by atoms with Crippen LogP contribution in [0.1, 0.15) is 13.8 Å². The zero-order valence-electron chi connectivity index (χ0n) is 19.8. The van der Waals surface area contributed by atoms with Crippen LogP contribution in [0.15, 0.2) is 82.6 Å². The molecule has 0 atom stereocenters. The van der Waals surface area contributed by atoms with Crippen LogP contribution in [0.3, 0.4) is 0 Å². The van der Waals surface area contributed by atoms with E-state index in [1.165, 1.54) is 49.6 Å². The van der Waals surface area contributed by atoms with Gasteiger partial charge in [-0.3, -0.25) is 9.10 Å². The molecule has 0 aromatic heterocycles. The van der Waals surface area contributed by atoms with Crippen molar-refractivity contribution in [1.82, 2.24) is 4.72 Å². The summed E-state index contributed by atoms with van der Waals surface area (Å²) in [5, 5.41) is 2.86. The van der Waals surface area contributed by atoms with Crippen molar-refractivity contribution in [3.63, 3.8) is 0 Å². The number of rotatable bonds is 10. The van der Waals surface area contributed by atoms with Crippen molar-refractivity contribution in [1.29, 1.82) is 0 Å². The Labute approximate surface area is 216 Å². The lowest BCUT2D eigenvalue weighted by molar-refractivity contribution is -0.114. The Morgan fingerprint density at radius 3 is 2.25 bits per heavy atom. The molecule has 12 heteroatoms. The molecule has 1 amide bonds. The van der Waals surface area contributed by atoms with Gasteiger partial charge in [0.15, 0.2) is 0 Å². The summed E-state index contributed by atoms with van der Waals surface area (Å²) in [4.78, 5) is 13.0. The van der Waals surface area contributed by atoms with Gasteiger partial charge in [-0.1, -0.05) is 35.9 Å². The number of halogens is 1. The van der Waals surface area contributed by atoms with Gasteiger partial charge in [-0.15, -0.1) is 0 Å². The zero-order valence-corrected chi connectivity index (χ0v) is 22.2.